The molecule has 0 atom stereocenters. The maximum absolute atomic E-state index is 5.26. The van der Waals surface area contributed by atoms with Crippen molar-refractivity contribution >= 4 is 32.3 Å². The van der Waals surface area contributed by atoms with Crippen LogP contribution < -0.4 is 0 Å². The van der Waals surface area contributed by atoms with Crippen LogP contribution in [-0.4, -0.2) is 9.97 Å². The third kappa shape index (κ3) is 4.71. The molecule has 0 fully saturated rings. The van der Waals surface area contributed by atoms with Crippen molar-refractivity contribution in [3.63, 3.8) is 0 Å². The summed E-state index contributed by atoms with van der Waals surface area (Å²) in [7, 11) is 0. The van der Waals surface area contributed by atoms with Gasteiger partial charge in [0, 0.05) is 22.1 Å². The van der Waals surface area contributed by atoms with Crippen LogP contribution in [0, 0.1) is 0 Å². The Kier molecular flexibility index (Phi) is 6.56. The molecule has 51 heavy (non-hydrogen) atoms. The Balaban J connectivity index is 1.14. The topological polar surface area (TPSA) is 25.8 Å². The fourth-order valence-electron chi connectivity index (χ4n) is 8.24. The van der Waals surface area contributed by atoms with Crippen molar-refractivity contribution in [2.24, 2.45) is 0 Å². The van der Waals surface area contributed by atoms with Crippen LogP contribution >= 0.6 is 0 Å². The molecule has 0 saturated heterocycles. The van der Waals surface area contributed by atoms with Gasteiger partial charge in [-0.25, -0.2) is 9.97 Å². The molecule has 2 heteroatoms. The number of hydrogen-bond acceptors (Lipinski definition) is 2. The van der Waals surface area contributed by atoms with Gasteiger partial charge in [-0.05, 0) is 90.0 Å². The zero-order valence-corrected chi connectivity index (χ0v) is 28.6. The number of aromatic nitrogens is 2. The molecule has 8 aromatic carbocycles. The van der Waals surface area contributed by atoms with E-state index in [-0.39, 0.29) is 5.41 Å². The second-order valence-corrected chi connectivity index (χ2v) is 14.2. The van der Waals surface area contributed by atoms with Gasteiger partial charge in [-0.1, -0.05) is 159 Å². The molecule has 9 aromatic rings. The van der Waals surface area contributed by atoms with Crippen molar-refractivity contribution in [3.05, 3.63) is 181 Å². The maximum atomic E-state index is 5.26. The maximum Gasteiger partial charge on any atom is 0.161 e. The summed E-state index contributed by atoms with van der Waals surface area (Å²) in [4.78, 5) is 10.5. The number of hydrogen-bond donors (Lipinski definition) is 0. The molecule has 0 spiro atoms. The van der Waals surface area contributed by atoms with E-state index >= 15 is 0 Å². The minimum atomic E-state index is -0.106. The molecular formula is C49H34N2. The van der Waals surface area contributed by atoms with Crippen molar-refractivity contribution in [1.29, 1.82) is 0 Å². The first kappa shape index (κ1) is 29.5. The van der Waals surface area contributed by atoms with E-state index in [1.54, 1.807) is 0 Å². The summed E-state index contributed by atoms with van der Waals surface area (Å²) in [5, 5.41) is 7.35. The highest BCUT2D eigenvalue weighted by Crippen LogP contribution is 2.52. The molecule has 0 bridgehead atoms. The Hall–Kier alpha value is -6.38. The van der Waals surface area contributed by atoms with E-state index in [9.17, 15) is 0 Å². The molecule has 0 saturated carbocycles. The van der Waals surface area contributed by atoms with Gasteiger partial charge in [0.15, 0.2) is 5.82 Å². The Labute approximate surface area is 297 Å². The van der Waals surface area contributed by atoms with E-state index in [4.69, 9.17) is 9.97 Å². The smallest absolute Gasteiger partial charge is 0.161 e. The van der Waals surface area contributed by atoms with Crippen LogP contribution in [0.5, 0.6) is 0 Å². The molecule has 2 nitrogen and oxygen atoms in total. The number of benzene rings is 8. The lowest BCUT2D eigenvalue weighted by molar-refractivity contribution is 0.661. The predicted molar refractivity (Wildman–Crippen MR) is 214 cm³/mol. The van der Waals surface area contributed by atoms with Crippen molar-refractivity contribution in [1.82, 2.24) is 9.97 Å². The van der Waals surface area contributed by atoms with Crippen LogP contribution in [0.15, 0.2) is 170 Å². The van der Waals surface area contributed by atoms with Gasteiger partial charge in [-0.3, -0.25) is 0 Å². The number of fused-ring (bicyclic) bond motifs is 7. The lowest BCUT2D eigenvalue weighted by atomic mass is 9.81. The summed E-state index contributed by atoms with van der Waals surface area (Å²) in [5.74, 6) is 0.722. The van der Waals surface area contributed by atoms with Gasteiger partial charge in [0.1, 0.15) is 0 Å². The number of nitrogens with zero attached hydrogens (tertiary/aromatic N) is 2. The SMILES string of the molecule is CC1(C)c2cc(-c3ccc(-c4nc(-c5ccccc5)cc(-c5ccc6ccccc6c5)n4)c4ccccc34)ccc2-c2c1ccc1ccccc21. The highest BCUT2D eigenvalue weighted by Gasteiger charge is 2.36. The number of rotatable bonds is 4. The fraction of sp³-hybridized carbons (Fsp3) is 0.0612. The molecule has 0 unspecified atom stereocenters. The Morgan fingerprint density at radius 3 is 1.76 bits per heavy atom. The molecule has 0 radical (unpaired) electrons. The molecule has 0 aliphatic heterocycles. The van der Waals surface area contributed by atoms with E-state index < -0.39 is 0 Å². The van der Waals surface area contributed by atoms with E-state index in [1.165, 1.54) is 60.3 Å². The first-order valence-corrected chi connectivity index (χ1v) is 17.7. The van der Waals surface area contributed by atoms with Crippen LogP contribution in [0.3, 0.4) is 0 Å². The Bertz CT molecular complexity index is 2830. The van der Waals surface area contributed by atoms with Gasteiger partial charge in [0.05, 0.1) is 11.4 Å². The summed E-state index contributed by atoms with van der Waals surface area (Å²) >= 11 is 0. The molecule has 0 amide bonds. The monoisotopic (exact) mass is 650 g/mol. The second kappa shape index (κ2) is 11.3. The Morgan fingerprint density at radius 1 is 0.373 bits per heavy atom. The van der Waals surface area contributed by atoms with Crippen LogP contribution in [0.2, 0.25) is 0 Å². The van der Waals surface area contributed by atoms with E-state index in [2.05, 4.69) is 178 Å². The highest BCUT2D eigenvalue weighted by atomic mass is 14.9. The summed E-state index contributed by atoms with van der Waals surface area (Å²) in [5.41, 5.74) is 12.8. The molecule has 1 aliphatic rings. The lowest BCUT2D eigenvalue weighted by Crippen LogP contribution is -2.15. The van der Waals surface area contributed by atoms with Crippen molar-refractivity contribution < 1.29 is 0 Å². The second-order valence-electron chi connectivity index (χ2n) is 14.2. The minimum absolute atomic E-state index is 0.106. The summed E-state index contributed by atoms with van der Waals surface area (Å²) in [6, 6.07) is 61.2. The van der Waals surface area contributed by atoms with E-state index in [1.807, 2.05) is 6.07 Å². The zero-order valence-electron chi connectivity index (χ0n) is 28.6. The molecule has 240 valence electrons. The summed E-state index contributed by atoms with van der Waals surface area (Å²) in [6.07, 6.45) is 0. The fourth-order valence-corrected chi connectivity index (χ4v) is 8.24. The average molecular weight is 651 g/mol. The van der Waals surface area contributed by atoms with Gasteiger partial charge in [0.2, 0.25) is 0 Å². The molecule has 0 N–H and O–H groups in total. The minimum Gasteiger partial charge on any atom is -0.228 e. The largest absolute Gasteiger partial charge is 0.228 e. The van der Waals surface area contributed by atoms with Crippen LogP contribution in [0.1, 0.15) is 25.0 Å². The van der Waals surface area contributed by atoms with Crippen LogP contribution in [0.25, 0.3) is 88.5 Å². The molecule has 1 aromatic heterocycles. The standard InChI is InChI=1S/C49H34N2/c1-49(2)43-27-23-32-13-8-9-17-38(32)47(43)42-24-22-35(29-44(42)49)37-25-26-41(40-19-11-10-18-39(37)40)48-50-45(33-14-4-3-5-15-33)30-46(51-48)36-21-20-31-12-6-7-16-34(31)28-36/h3-30H,1-2H3. The first-order valence-electron chi connectivity index (χ1n) is 17.7. The van der Waals surface area contributed by atoms with Crippen molar-refractivity contribution in [2.45, 2.75) is 19.3 Å². The van der Waals surface area contributed by atoms with Crippen LogP contribution in [0.4, 0.5) is 0 Å². The van der Waals surface area contributed by atoms with Crippen molar-refractivity contribution in [3.8, 4) is 56.2 Å². The third-order valence-corrected chi connectivity index (χ3v) is 10.9. The van der Waals surface area contributed by atoms with E-state index in [0.29, 0.717) is 0 Å². The lowest BCUT2D eigenvalue weighted by Gasteiger charge is -2.22. The predicted octanol–water partition coefficient (Wildman–Crippen LogP) is 12.9. The third-order valence-electron chi connectivity index (χ3n) is 10.9. The normalized spacial score (nSPS) is 13.1. The van der Waals surface area contributed by atoms with Gasteiger partial charge in [0.25, 0.3) is 0 Å². The van der Waals surface area contributed by atoms with Gasteiger partial charge in [-0.15, -0.1) is 0 Å². The van der Waals surface area contributed by atoms with Crippen LogP contribution in [-0.2, 0) is 5.41 Å². The highest BCUT2D eigenvalue weighted by molar-refractivity contribution is 6.06. The first-order chi connectivity index (χ1) is 25.0. The molecular weight excluding hydrogens is 617 g/mol. The molecule has 1 aliphatic carbocycles. The summed E-state index contributed by atoms with van der Waals surface area (Å²) in [6.45, 7) is 4.73. The Morgan fingerprint density at radius 2 is 0.961 bits per heavy atom. The average Bonchev–Trinajstić information content (AvgIpc) is 3.43. The van der Waals surface area contributed by atoms with Gasteiger partial charge < -0.3 is 0 Å². The summed E-state index contributed by atoms with van der Waals surface area (Å²) < 4.78 is 0. The quantitative estimate of drug-likeness (QED) is 0.189. The van der Waals surface area contributed by atoms with Gasteiger partial charge in [-0.2, -0.15) is 0 Å². The van der Waals surface area contributed by atoms with Gasteiger partial charge >= 0.3 is 0 Å². The zero-order chi connectivity index (χ0) is 34.1. The van der Waals surface area contributed by atoms with Crippen molar-refractivity contribution in [2.75, 3.05) is 0 Å². The molecule has 10 rings (SSSR count). The molecule has 1 heterocycles. The van der Waals surface area contributed by atoms with E-state index in [0.717, 1.165) is 39.3 Å².